The van der Waals surface area contributed by atoms with E-state index >= 15 is 0 Å². The lowest BCUT2D eigenvalue weighted by molar-refractivity contribution is -0.161. The number of hydrogen-bond acceptors (Lipinski definition) is 15. The van der Waals surface area contributed by atoms with Gasteiger partial charge < -0.3 is 33.8 Å². The number of aliphatic hydroxyl groups excluding tert-OH is 1. The summed E-state index contributed by atoms with van der Waals surface area (Å²) in [5.74, 6) is -1.30. The van der Waals surface area contributed by atoms with E-state index in [0.29, 0.717) is 25.7 Å². The van der Waals surface area contributed by atoms with Crippen molar-refractivity contribution in [1.82, 2.24) is 0 Å². The summed E-state index contributed by atoms with van der Waals surface area (Å²) in [5.41, 5.74) is 0. The van der Waals surface area contributed by atoms with Crippen LogP contribution in [0.15, 0.2) is 0 Å². The molecule has 0 amide bonds. The van der Waals surface area contributed by atoms with Gasteiger partial charge in [-0.2, -0.15) is 0 Å². The quantitative estimate of drug-likeness (QED) is 0.0222. The molecule has 0 radical (unpaired) electrons. The molecule has 105 heavy (non-hydrogen) atoms. The molecular formula is C86H168O17P2. The Labute approximate surface area is 645 Å². The van der Waals surface area contributed by atoms with Crippen molar-refractivity contribution >= 4 is 39.5 Å². The number of carbonyl (C=O) groups is 4. The highest BCUT2D eigenvalue weighted by Gasteiger charge is 2.30. The zero-order valence-corrected chi connectivity index (χ0v) is 70.7. The van der Waals surface area contributed by atoms with Crippen LogP contribution in [0.2, 0.25) is 0 Å². The van der Waals surface area contributed by atoms with Gasteiger partial charge in [0.2, 0.25) is 0 Å². The maximum atomic E-state index is 13.1. The molecule has 0 saturated heterocycles. The lowest BCUT2D eigenvalue weighted by Crippen LogP contribution is -2.30. The van der Waals surface area contributed by atoms with Crippen LogP contribution in [0.4, 0.5) is 0 Å². The first-order chi connectivity index (χ1) is 51.0. The molecule has 3 N–H and O–H groups in total. The van der Waals surface area contributed by atoms with Crippen LogP contribution in [-0.2, 0) is 65.4 Å². The Morgan fingerprint density at radius 1 is 0.257 bits per heavy atom. The predicted octanol–water partition coefficient (Wildman–Crippen LogP) is 26.4. The number of unbranched alkanes of at least 4 members (excludes halogenated alkanes) is 58. The molecule has 17 nitrogen and oxygen atoms in total. The second kappa shape index (κ2) is 78.7. The fourth-order valence-electron chi connectivity index (χ4n) is 13.5. The van der Waals surface area contributed by atoms with Crippen molar-refractivity contribution in [3.63, 3.8) is 0 Å². The van der Waals surface area contributed by atoms with E-state index in [1.54, 1.807) is 0 Å². The molecule has 2 unspecified atom stereocenters. The van der Waals surface area contributed by atoms with Crippen LogP contribution in [-0.4, -0.2) is 96.7 Å². The molecule has 0 bridgehead atoms. The third-order valence-electron chi connectivity index (χ3n) is 20.3. The van der Waals surface area contributed by atoms with Crippen molar-refractivity contribution in [3.05, 3.63) is 0 Å². The number of carbonyl (C=O) groups excluding carboxylic acids is 4. The molecular weight excluding hydrogens is 1370 g/mol. The first kappa shape index (κ1) is 103. The van der Waals surface area contributed by atoms with Crippen LogP contribution in [0.25, 0.3) is 0 Å². The topological polar surface area (TPSA) is 237 Å². The van der Waals surface area contributed by atoms with Crippen molar-refractivity contribution in [2.24, 2.45) is 5.92 Å². The molecule has 19 heteroatoms. The average Bonchev–Trinajstić information content (AvgIpc) is 0.909. The van der Waals surface area contributed by atoms with Gasteiger partial charge in [-0.1, -0.05) is 413 Å². The molecule has 5 atom stereocenters. The van der Waals surface area contributed by atoms with E-state index in [4.69, 9.17) is 37.0 Å². The summed E-state index contributed by atoms with van der Waals surface area (Å²) in [6, 6.07) is 0. The molecule has 0 aromatic rings. The maximum Gasteiger partial charge on any atom is 0.472 e. The van der Waals surface area contributed by atoms with Gasteiger partial charge in [0.15, 0.2) is 12.2 Å². The van der Waals surface area contributed by atoms with E-state index in [9.17, 15) is 43.2 Å². The maximum absolute atomic E-state index is 13.1. The minimum absolute atomic E-state index is 0.108. The summed E-state index contributed by atoms with van der Waals surface area (Å²) in [7, 11) is -9.92. The predicted molar refractivity (Wildman–Crippen MR) is 432 cm³/mol. The SMILES string of the molecule is CCCCCCCCCCCCCCCCCCCCCCCC(=O)O[C@H](COC(=O)CCCCCCCCCCCCCCCCCCCCCC)COP(=O)(O)OC[C@@H](O)COP(=O)(O)OC[C@@H](COC(=O)CCCCCCC)OC(=O)CCCCCCCCCCCCCCCCCCC(C)C. The summed E-state index contributed by atoms with van der Waals surface area (Å²) in [6.45, 7) is 7.30. The van der Waals surface area contributed by atoms with E-state index in [1.807, 2.05) is 0 Å². The first-order valence-electron chi connectivity index (χ1n) is 44.6. The van der Waals surface area contributed by atoms with Crippen LogP contribution in [0.5, 0.6) is 0 Å². The summed E-state index contributed by atoms with van der Waals surface area (Å²) in [5, 5.41) is 10.6. The second-order valence-electron chi connectivity index (χ2n) is 31.4. The van der Waals surface area contributed by atoms with Crippen molar-refractivity contribution in [1.29, 1.82) is 0 Å². The van der Waals surface area contributed by atoms with Gasteiger partial charge in [-0.05, 0) is 31.6 Å². The largest absolute Gasteiger partial charge is 0.472 e. The monoisotopic (exact) mass is 1540 g/mol. The Kier molecular flexibility index (Phi) is 77.3. The summed E-state index contributed by atoms with van der Waals surface area (Å²) < 4.78 is 68.6. The van der Waals surface area contributed by atoms with E-state index in [1.165, 1.54) is 283 Å². The fraction of sp³-hybridized carbons (Fsp3) is 0.953. The standard InChI is InChI=1S/C86H168O17P2/c1-6-9-12-15-17-19-21-23-25-27-29-31-33-35-40-44-48-52-56-62-67-72-86(91)103-82(76-97-84(89)70-65-60-55-51-47-43-39-34-32-30-28-26-24-22-20-18-16-13-10-7-2)78-101-105(94,95)99-74-80(87)73-98-104(92,93)100-77-81(75-96-83(88)69-64-58-14-11-8-3)102-85(90)71-66-61-57-53-49-45-41-37-36-38-42-46-50-54-59-63-68-79(4)5/h79-82,87H,6-78H2,1-5H3,(H,92,93)(H,94,95)/t80-,81+,82+/m0/s1. The molecule has 0 aliphatic rings. The molecule has 0 rings (SSSR count). The molecule has 0 aliphatic carbocycles. The van der Waals surface area contributed by atoms with Gasteiger partial charge in [-0.15, -0.1) is 0 Å². The molecule has 0 spiro atoms. The number of esters is 4. The Bertz CT molecular complexity index is 2000. The number of phosphoric ester groups is 2. The molecule has 0 aromatic carbocycles. The molecule has 0 fully saturated rings. The molecule has 0 aromatic heterocycles. The highest BCUT2D eigenvalue weighted by atomic mass is 31.2. The number of ether oxygens (including phenoxy) is 4. The second-order valence-corrected chi connectivity index (χ2v) is 34.3. The van der Waals surface area contributed by atoms with Crippen LogP contribution in [0.3, 0.4) is 0 Å². The Hall–Kier alpha value is -1.94. The van der Waals surface area contributed by atoms with Gasteiger partial charge >= 0.3 is 39.5 Å². The Morgan fingerprint density at radius 2 is 0.438 bits per heavy atom. The number of hydrogen-bond donors (Lipinski definition) is 3. The van der Waals surface area contributed by atoms with Gasteiger partial charge in [0.1, 0.15) is 19.3 Å². The van der Waals surface area contributed by atoms with Gasteiger partial charge in [-0.25, -0.2) is 9.13 Å². The van der Waals surface area contributed by atoms with E-state index < -0.39 is 97.5 Å². The lowest BCUT2D eigenvalue weighted by Gasteiger charge is -2.21. The van der Waals surface area contributed by atoms with Gasteiger partial charge in [0.05, 0.1) is 26.4 Å². The van der Waals surface area contributed by atoms with E-state index in [2.05, 4.69) is 34.6 Å². The van der Waals surface area contributed by atoms with Crippen molar-refractivity contribution in [2.75, 3.05) is 39.6 Å². The van der Waals surface area contributed by atoms with Crippen LogP contribution < -0.4 is 0 Å². The highest BCUT2D eigenvalue weighted by molar-refractivity contribution is 7.47. The smallest absolute Gasteiger partial charge is 0.462 e. The molecule has 0 aliphatic heterocycles. The number of aliphatic hydroxyl groups is 1. The summed E-state index contributed by atoms with van der Waals surface area (Å²) in [4.78, 5) is 72.9. The first-order valence-corrected chi connectivity index (χ1v) is 47.6. The third kappa shape index (κ3) is 79.9. The molecule has 0 saturated carbocycles. The molecule has 0 heterocycles. The Balaban J connectivity index is 5.09. The molecule has 624 valence electrons. The van der Waals surface area contributed by atoms with Crippen LogP contribution >= 0.6 is 15.6 Å². The summed E-state index contributed by atoms with van der Waals surface area (Å²) >= 11 is 0. The van der Waals surface area contributed by atoms with Gasteiger partial charge in [0, 0.05) is 25.7 Å². The zero-order chi connectivity index (χ0) is 76.9. The number of rotatable bonds is 86. The average molecular weight is 1540 g/mol. The van der Waals surface area contributed by atoms with Crippen molar-refractivity contribution < 1.29 is 80.2 Å². The fourth-order valence-corrected chi connectivity index (χ4v) is 15.1. The van der Waals surface area contributed by atoms with E-state index in [0.717, 1.165) is 102 Å². The zero-order valence-electron chi connectivity index (χ0n) is 68.9. The Morgan fingerprint density at radius 3 is 0.648 bits per heavy atom. The van der Waals surface area contributed by atoms with Crippen LogP contribution in [0.1, 0.15) is 465 Å². The highest BCUT2D eigenvalue weighted by Crippen LogP contribution is 2.45. The minimum atomic E-state index is -4.96. The third-order valence-corrected chi connectivity index (χ3v) is 22.2. The van der Waals surface area contributed by atoms with E-state index in [-0.39, 0.29) is 25.7 Å². The van der Waals surface area contributed by atoms with Gasteiger partial charge in [-0.3, -0.25) is 37.3 Å². The van der Waals surface area contributed by atoms with Crippen molar-refractivity contribution in [3.8, 4) is 0 Å². The van der Waals surface area contributed by atoms with Crippen molar-refractivity contribution in [2.45, 2.75) is 483 Å². The van der Waals surface area contributed by atoms with Gasteiger partial charge in [0.25, 0.3) is 0 Å². The lowest BCUT2D eigenvalue weighted by atomic mass is 10.0. The van der Waals surface area contributed by atoms with Crippen LogP contribution in [0, 0.1) is 5.92 Å². The summed E-state index contributed by atoms with van der Waals surface area (Å²) in [6.07, 6.45) is 72.9. The number of phosphoric acid groups is 2. The minimum Gasteiger partial charge on any atom is -0.462 e. The normalized spacial score (nSPS) is 13.8.